The van der Waals surface area contributed by atoms with Crippen LogP contribution in [-0.4, -0.2) is 33.5 Å². The van der Waals surface area contributed by atoms with Gasteiger partial charge >= 0.3 is 0 Å². The molecule has 4 heteroatoms. The fourth-order valence-electron chi connectivity index (χ4n) is 0.684. The first-order valence-electron chi connectivity index (χ1n) is 3.94. The van der Waals surface area contributed by atoms with Gasteiger partial charge in [0.15, 0.2) is 0 Å². The standard InChI is InChI=1S/C7H17NO2S/c1-3-4-5-8-6-7-11(2,9)10/h8H,3-7H2,1-2H3. The topological polar surface area (TPSA) is 46.2 Å². The maximum atomic E-state index is 10.6. The molecular formula is C7H17NO2S. The van der Waals surface area contributed by atoms with Crippen LogP contribution >= 0.6 is 0 Å². The molecular weight excluding hydrogens is 162 g/mol. The van der Waals surface area contributed by atoms with E-state index in [0.29, 0.717) is 6.54 Å². The minimum absolute atomic E-state index is 0.247. The minimum Gasteiger partial charge on any atom is -0.316 e. The third-order valence-electron chi connectivity index (χ3n) is 1.36. The van der Waals surface area contributed by atoms with Gasteiger partial charge in [0, 0.05) is 12.8 Å². The summed E-state index contributed by atoms with van der Waals surface area (Å²) >= 11 is 0. The van der Waals surface area contributed by atoms with Gasteiger partial charge < -0.3 is 5.32 Å². The molecule has 0 aromatic rings. The van der Waals surface area contributed by atoms with E-state index >= 15 is 0 Å². The van der Waals surface area contributed by atoms with Gasteiger partial charge in [-0.05, 0) is 13.0 Å². The van der Waals surface area contributed by atoms with Crippen LogP contribution in [-0.2, 0) is 9.84 Å². The van der Waals surface area contributed by atoms with E-state index in [-0.39, 0.29) is 5.75 Å². The summed E-state index contributed by atoms with van der Waals surface area (Å²) in [6.45, 7) is 3.61. The van der Waals surface area contributed by atoms with Crippen molar-refractivity contribution in [1.29, 1.82) is 0 Å². The molecule has 0 amide bonds. The number of rotatable bonds is 6. The zero-order valence-corrected chi connectivity index (χ0v) is 8.08. The number of nitrogens with one attached hydrogen (secondary N) is 1. The van der Waals surface area contributed by atoms with E-state index in [1.807, 2.05) is 0 Å². The van der Waals surface area contributed by atoms with Crippen molar-refractivity contribution in [1.82, 2.24) is 5.32 Å². The molecule has 0 fully saturated rings. The third kappa shape index (κ3) is 9.91. The Hall–Kier alpha value is -0.0900. The number of sulfone groups is 1. The summed E-state index contributed by atoms with van der Waals surface area (Å²) in [7, 11) is -2.77. The molecule has 11 heavy (non-hydrogen) atoms. The average molecular weight is 179 g/mol. The van der Waals surface area contributed by atoms with Gasteiger partial charge in [0.05, 0.1) is 5.75 Å². The monoisotopic (exact) mass is 179 g/mol. The molecule has 68 valence electrons. The van der Waals surface area contributed by atoms with Crippen LogP contribution in [0.5, 0.6) is 0 Å². The predicted molar refractivity (Wildman–Crippen MR) is 47.5 cm³/mol. The van der Waals surface area contributed by atoms with Gasteiger partial charge in [0.25, 0.3) is 0 Å². The molecule has 0 rings (SSSR count). The van der Waals surface area contributed by atoms with Crippen LogP contribution in [0.4, 0.5) is 0 Å². The lowest BCUT2D eigenvalue weighted by molar-refractivity contribution is 0.594. The maximum Gasteiger partial charge on any atom is 0.148 e. The van der Waals surface area contributed by atoms with Crippen molar-refractivity contribution < 1.29 is 8.42 Å². The van der Waals surface area contributed by atoms with E-state index in [1.54, 1.807) is 0 Å². The Morgan fingerprint density at radius 3 is 2.36 bits per heavy atom. The van der Waals surface area contributed by atoms with E-state index in [1.165, 1.54) is 6.26 Å². The molecule has 0 aliphatic rings. The summed E-state index contributed by atoms with van der Waals surface area (Å²) in [4.78, 5) is 0. The molecule has 0 atom stereocenters. The maximum absolute atomic E-state index is 10.6. The lowest BCUT2D eigenvalue weighted by Gasteiger charge is -2.01. The molecule has 0 unspecified atom stereocenters. The molecule has 0 saturated carbocycles. The van der Waals surface area contributed by atoms with Crippen molar-refractivity contribution in [2.75, 3.05) is 25.1 Å². The summed E-state index contributed by atoms with van der Waals surface area (Å²) in [5.74, 6) is 0.247. The smallest absolute Gasteiger partial charge is 0.148 e. The number of hydrogen-bond donors (Lipinski definition) is 1. The molecule has 0 bridgehead atoms. The van der Waals surface area contributed by atoms with E-state index in [2.05, 4.69) is 12.2 Å². The van der Waals surface area contributed by atoms with Crippen molar-refractivity contribution in [3.05, 3.63) is 0 Å². The molecule has 0 spiro atoms. The first-order valence-corrected chi connectivity index (χ1v) is 6.00. The third-order valence-corrected chi connectivity index (χ3v) is 2.30. The SMILES string of the molecule is CCCCNCCS(C)(=O)=O. The van der Waals surface area contributed by atoms with Gasteiger partial charge in [-0.1, -0.05) is 13.3 Å². The Labute approximate surface area is 69.1 Å². The van der Waals surface area contributed by atoms with E-state index < -0.39 is 9.84 Å². The van der Waals surface area contributed by atoms with E-state index in [9.17, 15) is 8.42 Å². The van der Waals surface area contributed by atoms with Gasteiger partial charge in [-0.15, -0.1) is 0 Å². The number of unbranched alkanes of at least 4 members (excludes halogenated alkanes) is 1. The highest BCUT2D eigenvalue weighted by molar-refractivity contribution is 7.90. The molecule has 0 aliphatic heterocycles. The zero-order chi connectivity index (χ0) is 8.74. The van der Waals surface area contributed by atoms with Gasteiger partial charge in [0.1, 0.15) is 9.84 Å². The predicted octanol–water partition coefficient (Wildman–Crippen LogP) is 0.421. The Kier molecular flexibility index (Phi) is 5.50. The quantitative estimate of drug-likeness (QED) is 0.601. The Morgan fingerprint density at radius 1 is 1.27 bits per heavy atom. The van der Waals surface area contributed by atoms with Crippen LogP contribution in [0.3, 0.4) is 0 Å². The Morgan fingerprint density at radius 2 is 1.91 bits per heavy atom. The molecule has 0 saturated heterocycles. The fourth-order valence-corrected chi connectivity index (χ4v) is 1.20. The summed E-state index contributed by atoms with van der Waals surface area (Å²) in [6, 6.07) is 0. The summed E-state index contributed by atoms with van der Waals surface area (Å²) in [6.07, 6.45) is 3.52. The summed E-state index contributed by atoms with van der Waals surface area (Å²) in [5.41, 5.74) is 0. The lowest BCUT2D eigenvalue weighted by Crippen LogP contribution is -2.23. The van der Waals surface area contributed by atoms with Gasteiger partial charge in [-0.25, -0.2) is 8.42 Å². The van der Waals surface area contributed by atoms with Crippen LogP contribution in [0.25, 0.3) is 0 Å². The van der Waals surface area contributed by atoms with Crippen molar-refractivity contribution in [2.45, 2.75) is 19.8 Å². The molecule has 0 aliphatic carbocycles. The van der Waals surface area contributed by atoms with Gasteiger partial charge in [0.2, 0.25) is 0 Å². The van der Waals surface area contributed by atoms with Crippen molar-refractivity contribution >= 4 is 9.84 Å². The lowest BCUT2D eigenvalue weighted by atomic mass is 10.3. The molecule has 0 heterocycles. The molecule has 3 nitrogen and oxygen atoms in total. The Bertz CT molecular complexity index is 175. The highest BCUT2D eigenvalue weighted by Crippen LogP contribution is 1.83. The van der Waals surface area contributed by atoms with Crippen LogP contribution in [0, 0.1) is 0 Å². The van der Waals surface area contributed by atoms with Crippen LogP contribution in [0.2, 0.25) is 0 Å². The zero-order valence-electron chi connectivity index (χ0n) is 7.26. The largest absolute Gasteiger partial charge is 0.316 e. The number of hydrogen-bond acceptors (Lipinski definition) is 3. The van der Waals surface area contributed by atoms with Crippen molar-refractivity contribution in [3.8, 4) is 0 Å². The van der Waals surface area contributed by atoms with E-state index in [0.717, 1.165) is 19.4 Å². The molecule has 0 aromatic carbocycles. The fraction of sp³-hybridized carbons (Fsp3) is 1.00. The highest BCUT2D eigenvalue weighted by Gasteiger charge is 1.99. The minimum atomic E-state index is -2.77. The Balaban J connectivity index is 3.16. The van der Waals surface area contributed by atoms with Crippen LogP contribution in [0.1, 0.15) is 19.8 Å². The van der Waals surface area contributed by atoms with Crippen molar-refractivity contribution in [3.63, 3.8) is 0 Å². The van der Waals surface area contributed by atoms with Crippen molar-refractivity contribution in [2.24, 2.45) is 0 Å². The molecule has 0 aromatic heterocycles. The normalized spacial score (nSPS) is 11.8. The van der Waals surface area contributed by atoms with Crippen LogP contribution in [0.15, 0.2) is 0 Å². The highest BCUT2D eigenvalue weighted by atomic mass is 32.2. The van der Waals surface area contributed by atoms with Crippen LogP contribution < -0.4 is 5.32 Å². The second kappa shape index (κ2) is 5.55. The first kappa shape index (κ1) is 10.9. The van der Waals surface area contributed by atoms with E-state index in [4.69, 9.17) is 0 Å². The molecule has 0 radical (unpaired) electrons. The second-order valence-electron chi connectivity index (χ2n) is 2.73. The average Bonchev–Trinajstić information content (AvgIpc) is 1.85. The van der Waals surface area contributed by atoms with Gasteiger partial charge in [-0.2, -0.15) is 0 Å². The van der Waals surface area contributed by atoms with Gasteiger partial charge in [-0.3, -0.25) is 0 Å². The summed E-state index contributed by atoms with van der Waals surface area (Å²) in [5, 5.41) is 3.06. The summed E-state index contributed by atoms with van der Waals surface area (Å²) < 4.78 is 21.2. The second-order valence-corrected chi connectivity index (χ2v) is 4.99. The molecule has 1 N–H and O–H groups in total. The first-order chi connectivity index (χ1) is 5.06.